The van der Waals surface area contributed by atoms with Crippen LogP contribution in [0.5, 0.6) is 0 Å². The molecular weight excluding hydrogens is 164 g/mol. The van der Waals surface area contributed by atoms with Crippen LogP contribution in [0.1, 0.15) is 39.5 Å². The smallest absolute Gasteiger partial charge is 0.161 e. The zero-order valence-electron chi connectivity index (χ0n) is 8.51. The lowest BCUT2D eigenvalue weighted by Gasteiger charge is -2.12. The Hall–Kier alpha value is -0.790. The number of allylic oxidation sites excluding steroid dienone is 1. The highest BCUT2D eigenvalue weighted by Gasteiger charge is 2.14. The first-order valence-electron chi connectivity index (χ1n) is 5.04. The van der Waals surface area contributed by atoms with E-state index in [4.69, 9.17) is 4.74 Å². The van der Waals surface area contributed by atoms with Gasteiger partial charge in [0.25, 0.3) is 0 Å². The van der Waals surface area contributed by atoms with Gasteiger partial charge in [0.1, 0.15) is 0 Å². The van der Waals surface area contributed by atoms with E-state index in [1.807, 2.05) is 0 Å². The Balaban J connectivity index is 2.35. The number of carbonyl (C=O) groups excluding carboxylic acids is 1. The highest BCUT2D eigenvalue weighted by molar-refractivity contribution is 5.95. The van der Waals surface area contributed by atoms with Crippen LogP contribution in [0.4, 0.5) is 0 Å². The molecule has 0 bridgehead atoms. The molecule has 0 N–H and O–H groups in total. The van der Waals surface area contributed by atoms with E-state index in [2.05, 4.69) is 13.8 Å². The maximum atomic E-state index is 11.3. The van der Waals surface area contributed by atoms with E-state index in [-0.39, 0.29) is 5.78 Å². The molecule has 0 amide bonds. The molecule has 0 saturated heterocycles. The highest BCUT2D eigenvalue weighted by atomic mass is 16.5. The fourth-order valence-electron chi connectivity index (χ4n) is 1.37. The van der Waals surface area contributed by atoms with E-state index in [0.29, 0.717) is 18.9 Å². The molecular formula is C11H18O2. The predicted molar refractivity (Wildman–Crippen MR) is 52.3 cm³/mol. The summed E-state index contributed by atoms with van der Waals surface area (Å²) < 4.78 is 5.32. The Morgan fingerprint density at radius 3 is 2.69 bits per heavy atom. The molecule has 0 heterocycles. The number of hydrogen-bond donors (Lipinski definition) is 0. The van der Waals surface area contributed by atoms with Crippen molar-refractivity contribution in [2.24, 2.45) is 5.92 Å². The topological polar surface area (TPSA) is 26.3 Å². The summed E-state index contributed by atoms with van der Waals surface area (Å²) in [7, 11) is 0. The zero-order chi connectivity index (χ0) is 9.68. The minimum atomic E-state index is 0.273. The SMILES string of the molecule is CC(C)COC=C1CCCCC1=O. The number of Topliss-reactive ketones (excluding diaryl/α,β-unsaturated/α-hetero) is 1. The van der Waals surface area contributed by atoms with Gasteiger partial charge in [-0.2, -0.15) is 0 Å². The lowest BCUT2D eigenvalue weighted by molar-refractivity contribution is -0.116. The molecule has 0 radical (unpaired) electrons. The number of ether oxygens (including phenoxy) is 1. The van der Waals surface area contributed by atoms with Crippen molar-refractivity contribution in [3.05, 3.63) is 11.8 Å². The Morgan fingerprint density at radius 2 is 2.08 bits per heavy atom. The van der Waals surface area contributed by atoms with Crippen molar-refractivity contribution in [3.63, 3.8) is 0 Å². The van der Waals surface area contributed by atoms with Crippen LogP contribution in [-0.4, -0.2) is 12.4 Å². The van der Waals surface area contributed by atoms with Gasteiger partial charge in [-0.1, -0.05) is 13.8 Å². The van der Waals surface area contributed by atoms with E-state index in [0.717, 1.165) is 24.8 Å². The van der Waals surface area contributed by atoms with Gasteiger partial charge in [-0.15, -0.1) is 0 Å². The Labute approximate surface area is 80.0 Å². The van der Waals surface area contributed by atoms with E-state index in [1.54, 1.807) is 6.26 Å². The average Bonchev–Trinajstić information content (AvgIpc) is 2.08. The minimum absolute atomic E-state index is 0.273. The number of carbonyl (C=O) groups is 1. The van der Waals surface area contributed by atoms with Gasteiger partial charge in [0, 0.05) is 12.0 Å². The maximum Gasteiger partial charge on any atom is 0.161 e. The second-order valence-electron chi connectivity index (χ2n) is 4.00. The second-order valence-corrected chi connectivity index (χ2v) is 4.00. The molecule has 0 aromatic carbocycles. The molecule has 2 heteroatoms. The van der Waals surface area contributed by atoms with Gasteiger partial charge in [-0.25, -0.2) is 0 Å². The number of hydrogen-bond acceptors (Lipinski definition) is 2. The fraction of sp³-hybridized carbons (Fsp3) is 0.727. The van der Waals surface area contributed by atoms with Crippen LogP contribution in [-0.2, 0) is 9.53 Å². The lowest BCUT2D eigenvalue weighted by atomic mass is 9.95. The summed E-state index contributed by atoms with van der Waals surface area (Å²) in [6.45, 7) is 4.90. The predicted octanol–water partition coefficient (Wildman–Crippen LogP) is 2.69. The lowest BCUT2D eigenvalue weighted by Crippen LogP contribution is -2.09. The van der Waals surface area contributed by atoms with E-state index in [1.165, 1.54) is 0 Å². The summed E-state index contributed by atoms with van der Waals surface area (Å²) in [5, 5.41) is 0. The monoisotopic (exact) mass is 182 g/mol. The fourth-order valence-corrected chi connectivity index (χ4v) is 1.37. The third-order valence-corrected chi connectivity index (χ3v) is 2.11. The van der Waals surface area contributed by atoms with Crippen molar-refractivity contribution in [1.82, 2.24) is 0 Å². The van der Waals surface area contributed by atoms with Crippen molar-refractivity contribution in [2.75, 3.05) is 6.61 Å². The molecule has 0 atom stereocenters. The Kier molecular flexibility index (Phi) is 4.00. The number of ketones is 1. The van der Waals surface area contributed by atoms with Gasteiger partial charge in [0.05, 0.1) is 12.9 Å². The molecule has 0 unspecified atom stereocenters. The molecule has 74 valence electrons. The van der Waals surface area contributed by atoms with Crippen LogP contribution in [0.25, 0.3) is 0 Å². The molecule has 13 heavy (non-hydrogen) atoms. The largest absolute Gasteiger partial charge is 0.501 e. The minimum Gasteiger partial charge on any atom is -0.501 e. The van der Waals surface area contributed by atoms with E-state index in [9.17, 15) is 4.79 Å². The maximum absolute atomic E-state index is 11.3. The molecule has 1 saturated carbocycles. The quantitative estimate of drug-likeness (QED) is 0.495. The molecule has 1 rings (SSSR count). The third-order valence-electron chi connectivity index (χ3n) is 2.11. The summed E-state index contributed by atoms with van der Waals surface area (Å²) in [6, 6.07) is 0. The van der Waals surface area contributed by atoms with Crippen LogP contribution in [0.15, 0.2) is 11.8 Å². The van der Waals surface area contributed by atoms with E-state index < -0.39 is 0 Å². The van der Waals surface area contributed by atoms with Crippen molar-refractivity contribution in [3.8, 4) is 0 Å². The summed E-state index contributed by atoms with van der Waals surface area (Å²) in [5.41, 5.74) is 0.881. The molecule has 1 fully saturated rings. The summed E-state index contributed by atoms with van der Waals surface area (Å²) in [6.07, 6.45) is 5.44. The van der Waals surface area contributed by atoms with Gasteiger partial charge in [0.2, 0.25) is 0 Å². The third kappa shape index (κ3) is 3.62. The van der Waals surface area contributed by atoms with Crippen molar-refractivity contribution in [2.45, 2.75) is 39.5 Å². The Morgan fingerprint density at radius 1 is 1.38 bits per heavy atom. The summed E-state index contributed by atoms with van der Waals surface area (Å²) in [5.74, 6) is 0.797. The normalized spacial score (nSPS) is 21.2. The molecule has 0 aliphatic heterocycles. The number of rotatable bonds is 3. The van der Waals surface area contributed by atoms with Gasteiger partial charge in [-0.05, 0) is 25.2 Å². The van der Waals surface area contributed by atoms with Gasteiger partial charge in [-0.3, -0.25) is 4.79 Å². The summed E-state index contributed by atoms with van der Waals surface area (Å²) >= 11 is 0. The molecule has 0 spiro atoms. The summed E-state index contributed by atoms with van der Waals surface area (Å²) in [4.78, 5) is 11.3. The standard InChI is InChI=1S/C11H18O2/c1-9(2)7-13-8-10-5-3-4-6-11(10)12/h8-9H,3-7H2,1-2H3. The molecule has 1 aliphatic rings. The average molecular weight is 182 g/mol. The zero-order valence-corrected chi connectivity index (χ0v) is 8.51. The van der Waals surface area contributed by atoms with Crippen LogP contribution < -0.4 is 0 Å². The first-order chi connectivity index (χ1) is 6.20. The van der Waals surface area contributed by atoms with Crippen molar-refractivity contribution < 1.29 is 9.53 Å². The van der Waals surface area contributed by atoms with Crippen LogP contribution in [0.2, 0.25) is 0 Å². The molecule has 2 nitrogen and oxygen atoms in total. The first-order valence-corrected chi connectivity index (χ1v) is 5.04. The van der Waals surface area contributed by atoms with Crippen molar-refractivity contribution >= 4 is 5.78 Å². The van der Waals surface area contributed by atoms with Crippen LogP contribution >= 0.6 is 0 Å². The van der Waals surface area contributed by atoms with Gasteiger partial charge >= 0.3 is 0 Å². The molecule has 0 aromatic rings. The molecule has 0 aromatic heterocycles. The highest BCUT2D eigenvalue weighted by Crippen LogP contribution is 2.19. The van der Waals surface area contributed by atoms with Gasteiger partial charge in [0.15, 0.2) is 5.78 Å². The van der Waals surface area contributed by atoms with Gasteiger partial charge < -0.3 is 4.74 Å². The Bertz CT molecular complexity index is 204. The second kappa shape index (κ2) is 5.05. The van der Waals surface area contributed by atoms with E-state index >= 15 is 0 Å². The van der Waals surface area contributed by atoms with Crippen LogP contribution in [0, 0.1) is 5.92 Å². The van der Waals surface area contributed by atoms with Crippen LogP contribution in [0.3, 0.4) is 0 Å². The first kappa shape index (κ1) is 10.3. The molecule has 1 aliphatic carbocycles. The van der Waals surface area contributed by atoms with Crippen molar-refractivity contribution in [1.29, 1.82) is 0 Å².